The van der Waals surface area contributed by atoms with E-state index in [0.717, 1.165) is 37.1 Å². The fourth-order valence-electron chi connectivity index (χ4n) is 5.17. The maximum atomic E-state index is 13.5. The normalized spacial score (nSPS) is 21.9. The van der Waals surface area contributed by atoms with Crippen molar-refractivity contribution in [1.82, 2.24) is 15.1 Å². The first kappa shape index (κ1) is 21.7. The zero-order valence-electron chi connectivity index (χ0n) is 18.2. The summed E-state index contributed by atoms with van der Waals surface area (Å²) in [6.45, 7) is 2.66. The number of rotatable bonds is 4. The van der Waals surface area contributed by atoms with Crippen molar-refractivity contribution in [2.75, 3.05) is 13.1 Å². The van der Waals surface area contributed by atoms with Gasteiger partial charge >= 0.3 is 0 Å². The Morgan fingerprint density at radius 2 is 1.73 bits per heavy atom. The van der Waals surface area contributed by atoms with Crippen LogP contribution in [0.2, 0.25) is 0 Å². The summed E-state index contributed by atoms with van der Waals surface area (Å²) < 4.78 is 26.6. The maximum absolute atomic E-state index is 13.5. The molecule has 172 valence electrons. The average molecular weight is 453 g/mol. The SMILES string of the molecule is O=C1CCC(N2Cc3cc(C4CCN(Cc5ccc(F)c(F)c5)CC4)ccc3C2=O)C(=O)N1. The van der Waals surface area contributed by atoms with Gasteiger partial charge in [-0.05, 0) is 73.2 Å². The molecule has 1 atom stereocenters. The van der Waals surface area contributed by atoms with Gasteiger partial charge in [0.25, 0.3) is 5.91 Å². The largest absolute Gasteiger partial charge is 0.322 e. The van der Waals surface area contributed by atoms with Crippen molar-refractivity contribution >= 4 is 17.7 Å². The highest BCUT2D eigenvalue weighted by atomic mass is 19.2. The lowest BCUT2D eigenvalue weighted by molar-refractivity contribution is -0.136. The monoisotopic (exact) mass is 453 g/mol. The van der Waals surface area contributed by atoms with E-state index in [4.69, 9.17) is 0 Å². The van der Waals surface area contributed by atoms with Gasteiger partial charge in [0.05, 0.1) is 0 Å². The van der Waals surface area contributed by atoms with E-state index in [1.54, 1.807) is 11.0 Å². The molecule has 0 aromatic heterocycles. The first-order chi connectivity index (χ1) is 15.9. The number of nitrogens with zero attached hydrogens (tertiary/aromatic N) is 2. The summed E-state index contributed by atoms with van der Waals surface area (Å²) >= 11 is 0. The van der Waals surface area contributed by atoms with Crippen molar-refractivity contribution in [2.45, 2.75) is 50.7 Å². The predicted octanol–water partition coefficient (Wildman–Crippen LogP) is 3.11. The van der Waals surface area contributed by atoms with Crippen LogP contribution in [0, 0.1) is 11.6 Å². The molecule has 2 fully saturated rings. The van der Waals surface area contributed by atoms with Gasteiger partial charge in [0.2, 0.25) is 11.8 Å². The molecule has 0 bridgehead atoms. The zero-order valence-corrected chi connectivity index (χ0v) is 18.2. The number of hydrogen-bond donors (Lipinski definition) is 1. The van der Waals surface area contributed by atoms with Crippen molar-refractivity contribution < 1.29 is 23.2 Å². The summed E-state index contributed by atoms with van der Waals surface area (Å²) in [5.41, 5.74) is 3.49. The third kappa shape index (κ3) is 4.27. The summed E-state index contributed by atoms with van der Waals surface area (Å²) in [6.07, 6.45) is 2.47. The van der Waals surface area contributed by atoms with Crippen LogP contribution in [0.5, 0.6) is 0 Å². The fourth-order valence-corrected chi connectivity index (χ4v) is 5.17. The molecule has 2 aromatic rings. The smallest absolute Gasteiger partial charge is 0.255 e. The van der Waals surface area contributed by atoms with Crippen LogP contribution in [0.1, 0.15) is 58.6 Å². The van der Waals surface area contributed by atoms with Crippen molar-refractivity contribution in [3.05, 3.63) is 70.3 Å². The number of amides is 3. The minimum absolute atomic E-state index is 0.160. The lowest BCUT2D eigenvalue weighted by atomic mass is 9.87. The van der Waals surface area contributed by atoms with Crippen LogP contribution in [0.4, 0.5) is 8.78 Å². The number of likely N-dealkylation sites (tertiary alicyclic amines) is 1. The standard InChI is InChI=1S/C25H25F2N3O3/c26-20-4-1-15(11-21(20)27)13-29-9-7-16(8-10-29)17-2-3-19-18(12-17)14-30(25(19)33)22-5-6-23(31)28-24(22)32/h1-4,11-12,16,22H,5-10,13-14H2,(H,28,31,32). The Labute approximate surface area is 190 Å². The molecule has 3 aliphatic heterocycles. The van der Waals surface area contributed by atoms with Gasteiger partial charge in [-0.15, -0.1) is 0 Å². The number of carbonyl (C=O) groups excluding carboxylic acids is 3. The first-order valence-electron chi connectivity index (χ1n) is 11.3. The second kappa shape index (κ2) is 8.67. The topological polar surface area (TPSA) is 69.7 Å². The van der Waals surface area contributed by atoms with E-state index in [9.17, 15) is 23.2 Å². The maximum Gasteiger partial charge on any atom is 0.255 e. The molecule has 0 saturated carbocycles. The molecule has 1 N–H and O–H groups in total. The number of hydrogen-bond acceptors (Lipinski definition) is 4. The Kier molecular flexibility index (Phi) is 5.70. The molecule has 1 unspecified atom stereocenters. The van der Waals surface area contributed by atoms with E-state index >= 15 is 0 Å². The number of imide groups is 1. The highest BCUT2D eigenvalue weighted by molar-refractivity contribution is 6.05. The molecular formula is C25H25F2N3O3. The highest BCUT2D eigenvalue weighted by Crippen LogP contribution is 2.34. The summed E-state index contributed by atoms with van der Waals surface area (Å²) in [4.78, 5) is 40.4. The molecule has 6 nitrogen and oxygen atoms in total. The van der Waals surface area contributed by atoms with Gasteiger partial charge in [0.15, 0.2) is 11.6 Å². The number of piperidine rings is 2. The fraction of sp³-hybridized carbons (Fsp3) is 0.400. The molecule has 3 amide bonds. The van der Waals surface area contributed by atoms with Gasteiger partial charge in [-0.2, -0.15) is 0 Å². The summed E-state index contributed by atoms with van der Waals surface area (Å²) in [5, 5.41) is 2.33. The second-order valence-electron chi connectivity index (χ2n) is 9.12. The van der Waals surface area contributed by atoms with Gasteiger partial charge < -0.3 is 4.90 Å². The van der Waals surface area contributed by atoms with E-state index in [1.807, 2.05) is 12.1 Å². The molecule has 0 radical (unpaired) electrons. The number of carbonyl (C=O) groups is 3. The van der Waals surface area contributed by atoms with Crippen LogP contribution in [0.3, 0.4) is 0 Å². The van der Waals surface area contributed by atoms with Crippen LogP contribution in [0.15, 0.2) is 36.4 Å². The molecule has 2 aromatic carbocycles. The van der Waals surface area contributed by atoms with Crippen LogP contribution >= 0.6 is 0 Å². The zero-order chi connectivity index (χ0) is 23.1. The Bertz CT molecular complexity index is 1130. The van der Waals surface area contributed by atoms with Crippen molar-refractivity contribution in [3.8, 4) is 0 Å². The Hall–Kier alpha value is -3.13. The lowest BCUT2D eigenvalue weighted by Gasteiger charge is -2.32. The van der Waals surface area contributed by atoms with Gasteiger partial charge in [-0.3, -0.25) is 24.6 Å². The van der Waals surface area contributed by atoms with Crippen molar-refractivity contribution in [3.63, 3.8) is 0 Å². The van der Waals surface area contributed by atoms with Crippen LogP contribution in [0.25, 0.3) is 0 Å². The van der Waals surface area contributed by atoms with E-state index in [1.165, 1.54) is 17.7 Å². The number of nitrogens with one attached hydrogen (secondary N) is 1. The van der Waals surface area contributed by atoms with Crippen molar-refractivity contribution in [1.29, 1.82) is 0 Å². The first-order valence-corrected chi connectivity index (χ1v) is 11.3. The quantitative estimate of drug-likeness (QED) is 0.723. The van der Waals surface area contributed by atoms with Gasteiger partial charge in [0, 0.05) is 25.1 Å². The molecule has 0 aliphatic carbocycles. The minimum Gasteiger partial charge on any atom is -0.322 e. The van der Waals surface area contributed by atoms with E-state index in [2.05, 4.69) is 16.3 Å². The third-order valence-corrected chi connectivity index (χ3v) is 7.00. The lowest BCUT2D eigenvalue weighted by Crippen LogP contribution is -2.52. The molecule has 8 heteroatoms. The summed E-state index contributed by atoms with van der Waals surface area (Å²) in [6, 6.07) is 9.37. The molecule has 3 heterocycles. The van der Waals surface area contributed by atoms with Crippen LogP contribution < -0.4 is 5.32 Å². The van der Waals surface area contributed by atoms with Gasteiger partial charge in [-0.1, -0.05) is 18.2 Å². The Morgan fingerprint density at radius 1 is 0.939 bits per heavy atom. The van der Waals surface area contributed by atoms with E-state index in [-0.39, 0.29) is 18.2 Å². The van der Waals surface area contributed by atoms with E-state index < -0.39 is 23.6 Å². The van der Waals surface area contributed by atoms with E-state index in [0.29, 0.717) is 31.0 Å². The van der Waals surface area contributed by atoms with Crippen LogP contribution in [-0.4, -0.2) is 46.7 Å². The number of halogens is 2. The van der Waals surface area contributed by atoms with Crippen molar-refractivity contribution in [2.24, 2.45) is 0 Å². The molecule has 2 saturated heterocycles. The summed E-state index contributed by atoms with van der Waals surface area (Å²) in [5.74, 6) is -2.14. The van der Waals surface area contributed by atoms with Crippen LogP contribution in [-0.2, 0) is 22.7 Å². The van der Waals surface area contributed by atoms with Gasteiger partial charge in [-0.25, -0.2) is 8.78 Å². The van der Waals surface area contributed by atoms with Gasteiger partial charge in [0.1, 0.15) is 6.04 Å². The Balaban J connectivity index is 1.22. The molecule has 33 heavy (non-hydrogen) atoms. The Morgan fingerprint density at radius 3 is 2.45 bits per heavy atom. The molecule has 0 spiro atoms. The molecular weight excluding hydrogens is 428 g/mol. The average Bonchev–Trinajstić information content (AvgIpc) is 3.12. The number of benzene rings is 2. The minimum atomic E-state index is -0.830. The molecule has 5 rings (SSSR count). The summed E-state index contributed by atoms with van der Waals surface area (Å²) in [7, 11) is 0. The third-order valence-electron chi connectivity index (χ3n) is 7.00. The molecule has 3 aliphatic rings. The number of fused-ring (bicyclic) bond motifs is 1. The highest BCUT2D eigenvalue weighted by Gasteiger charge is 2.39. The predicted molar refractivity (Wildman–Crippen MR) is 116 cm³/mol. The second-order valence-corrected chi connectivity index (χ2v) is 9.12.